The van der Waals surface area contributed by atoms with Gasteiger partial charge in [0, 0.05) is 49.0 Å². The molecule has 6 rings (SSSR count). The Morgan fingerprint density at radius 3 is 2.73 bits per heavy atom. The van der Waals surface area contributed by atoms with Crippen LogP contribution in [0.4, 0.5) is 0 Å². The van der Waals surface area contributed by atoms with E-state index in [1.807, 2.05) is 55.6 Å². The lowest BCUT2D eigenvalue weighted by Gasteiger charge is -2.52. The molecule has 4 heterocycles. The van der Waals surface area contributed by atoms with Gasteiger partial charge >= 0.3 is 0 Å². The molecule has 0 radical (unpaired) electrons. The Labute approximate surface area is 233 Å². The zero-order valence-electron chi connectivity index (χ0n) is 22.9. The molecule has 0 spiro atoms. The van der Waals surface area contributed by atoms with Crippen molar-refractivity contribution in [2.45, 2.75) is 56.3 Å². The van der Waals surface area contributed by atoms with E-state index in [4.69, 9.17) is 9.84 Å². The molecule has 0 amide bonds. The third-order valence-corrected chi connectivity index (χ3v) is 8.23. The van der Waals surface area contributed by atoms with E-state index in [1.165, 1.54) is 0 Å². The molecule has 2 aliphatic rings. The lowest BCUT2D eigenvalue weighted by molar-refractivity contribution is -0.0207. The molecule has 0 unspecified atom stereocenters. The molecular weight excluding hydrogens is 502 g/mol. The van der Waals surface area contributed by atoms with Crippen LogP contribution in [0.2, 0.25) is 0 Å². The van der Waals surface area contributed by atoms with Crippen molar-refractivity contribution < 1.29 is 4.74 Å². The lowest BCUT2D eigenvalue weighted by Crippen LogP contribution is -2.58. The average molecular weight is 536 g/mol. The van der Waals surface area contributed by atoms with E-state index in [-0.39, 0.29) is 11.6 Å². The fourth-order valence-corrected chi connectivity index (χ4v) is 6.24. The fourth-order valence-electron chi connectivity index (χ4n) is 6.24. The predicted octanol–water partition coefficient (Wildman–Crippen LogP) is 4.07. The molecule has 2 fully saturated rings. The first kappa shape index (κ1) is 26.0. The van der Waals surface area contributed by atoms with E-state index in [0.717, 1.165) is 78.9 Å². The van der Waals surface area contributed by atoms with Gasteiger partial charge in [-0.25, -0.2) is 9.97 Å². The second kappa shape index (κ2) is 10.7. The topological polar surface area (TPSA) is 123 Å². The van der Waals surface area contributed by atoms with Gasteiger partial charge in [-0.05, 0) is 69.6 Å². The summed E-state index contributed by atoms with van der Waals surface area (Å²) in [4.78, 5) is 16.5. The van der Waals surface area contributed by atoms with Crippen LogP contribution in [-0.2, 0) is 12.1 Å². The van der Waals surface area contributed by atoms with Crippen LogP contribution >= 0.6 is 0 Å². The Morgan fingerprint density at radius 2 is 1.98 bits per heavy atom. The predicted molar refractivity (Wildman–Crippen MR) is 150 cm³/mol. The number of nitriles is 2. The van der Waals surface area contributed by atoms with Crippen molar-refractivity contribution in [3.05, 3.63) is 60.3 Å². The van der Waals surface area contributed by atoms with Gasteiger partial charge in [0.2, 0.25) is 0 Å². The summed E-state index contributed by atoms with van der Waals surface area (Å²) in [5, 5.41) is 24.8. The van der Waals surface area contributed by atoms with E-state index >= 15 is 0 Å². The molecule has 204 valence electrons. The number of nitrogens with zero attached hydrogens (tertiary/aromatic N) is 8. The second-order valence-corrected chi connectivity index (χ2v) is 11.3. The van der Waals surface area contributed by atoms with Crippen molar-refractivity contribution in [1.29, 1.82) is 10.5 Å². The molecule has 1 aromatic carbocycles. The maximum absolute atomic E-state index is 9.67. The summed E-state index contributed by atoms with van der Waals surface area (Å²) in [5.41, 5.74) is 3.99. The maximum Gasteiger partial charge on any atom is 0.141 e. The first-order chi connectivity index (χ1) is 19.5. The van der Waals surface area contributed by atoms with Crippen LogP contribution in [0.1, 0.15) is 43.2 Å². The van der Waals surface area contributed by atoms with Gasteiger partial charge in [0.05, 0.1) is 41.6 Å². The number of benzene rings is 1. The first-order valence-corrected chi connectivity index (χ1v) is 13.8. The molecule has 40 heavy (non-hydrogen) atoms. The standard InChI is InChI=1S/C30H33N9O/c1-37(2)18-22-11-21(16-32)12-26(13-22)40-25-4-9-38(10-5-25)24-14-30(15-24,6-7-31)39-19-23(17-36-39)28-27-3-8-33-29(27)35-20-34-28/h3,8,11-13,17,19-20,24-25H,4-6,9-10,14-15,18H2,1-2H3,(H,33,34,35). The minimum Gasteiger partial charge on any atom is -0.490 e. The number of fused-ring (bicyclic) bond motifs is 1. The van der Waals surface area contributed by atoms with E-state index < -0.39 is 0 Å². The molecular formula is C30H33N9O. The molecule has 1 saturated carbocycles. The summed E-state index contributed by atoms with van der Waals surface area (Å²) >= 11 is 0. The van der Waals surface area contributed by atoms with Gasteiger partial charge in [0.25, 0.3) is 0 Å². The molecule has 1 aliphatic heterocycles. The third kappa shape index (κ3) is 5.04. The number of likely N-dealkylation sites (tertiary alicyclic amines) is 1. The minimum absolute atomic E-state index is 0.133. The highest BCUT2D eigenvalue weighted by Crippen LogP contribution is 2.45. The number of rotatable bonds is 8. The van der Waals surface area contributed by atoms with Crippen molar-refractivity contribution in [1.82, 2.24) is 34.5 Å². The summed E-state index contributed by atoms with van der Waals surface area (Å²) in [5.74, 6) is 0.779. The molecule has 1 saturated heterocycles. The van der Waals surface area contributed by atoms with Crippen molar-refractivity contribution in [3.8, 4) is 29.1 Å². The third-order valence-electron chi connectivity index (χ3n) is 8.23. The molecule has 0 atom stereocenters. The van der Waals surface area contributed by atoms with Gasteiger partial charge in [-0.1, -0.05) is 0 Å². The maximum atomic E-state index is 9.67. The first-order valence-electron chi connectivity index (χ1n) is 13.8. The van der Waals surface area contributed by atoms with Gasteiger partial charge in [0.15, 0.2) is 0 Å². The summed E-state index contributed by atoms with van der Waals surface area (Å²) in [6.07, 6.45) is 11.5. The Balaban J connectivity index is 1.09. The van der Waals surface area contributed by atoms with Gasteiger partial charge in [-0.2, -0.15) is 15.6 Å². The van der Waals surface area contributed by atoms with Crippen molar-refractivity contribution in [3.63, 3.8) is 0 Å². The fraction of sp³-hybridized carbons (Fsp3) is 0.433. The Kier molecular flexibility index (Phi) is 6.97. The monoisotopic (exact) mass is 535 g/mol. The zero-order valence-corrected chi connectivity index (χ0v) is 22.9. The number of piperidine rings is 1. The number of H-pyrrole nitrogens is 1. The minimum atomic E-state index is -0.296. The van der Waals surface area contributed by atoms with Crippen LogP contribution < -0.4 is 4.74 Å². The van der Waals surface area contributed by atoms with Gasteiger partial charge in [-0.3, -0.25) is 9.58 Å². The molecule has 10 nitrogen and oxygen atoms in total. The highest BCUT2D eigenvalue weighted by Gasteiger charge is 2.49. The highest BCUT2D eigenvalue weighted by atomic mass is 16.5. The molecule has 10 heteroatoms. The molecule has 1 N–H and O–H groups in total. The average Bonchev–Trinajstić information content (AvgIpc) is 3.61. The molecule has 0 bridgehead atoms. The zero-order chi connectivity index (χ0) is 27.7. The summed E-state index contributed by atoms with van der Waals surface area (Å²) in [6, 6.07) is 12.9. The highest BCUT2D eigenvalue weighted by molar-refractivity contribution is 5.90. The number of nitrogens with one attached hydrogen (secondary N) is 1. The molecule has 3 aromatic heterocycles. The molecule has 4 aromatic rings. The van der Waals surface area contributed by atoms with Crippen molar-refractivity contribution in [2.75, 3.05) is 27.2 Å². The Morgan fingerprint density at radius 1 is 1.15 bits per heavy atom. The van der Waals surface area contributed by atoms with Crippen LogP contribution in [-0.4, -0.2) is 73.9 Å². The van der Waals surface area contributed by atoms with E-state index in [9.17, 15) is 10.5 Å². The molecule has 1 aliphatic carbocycles. The van der Waals surface area contributed by atoms with Crippen LogP contribution in [0.15, 0.2) is 49.2 Å². The van der Waals surface area contributed by atoms with Crippen molar-refractivity contribution in [2.24, 2.45) is 0 Å². The van der Waals surface area contributed by atoms with Crippen LogP contribution in [0, 0.1) is 22.7 Å². The van der Waals surface area contributed by atoms with Crippen molar-refractivity contribution >= 4 is 11.0 Å². The van der Waals surface area contributed by atoms with Crippen LogP contribution in [0.3, 0.4) is 0 Å². The summed E-state index contributed by atoms with van der Waals surface area (Å²) in [7, 11) is 4.04. The smallest absolute Gasteiger partial charge is 0.141 e. The quantitative estimate of drug-likeness (QED) is 0.358. The lowest BCUT2D eigenvalue weighted by atomic mass is 9.69. The largest absolute Gasteiger partial charge is 0.490 e. The van der Waals surface area contributed by atoms with Crippen LogP contribution in [0.25, 0.3) is 22.3 Å². The normalized spacial score (nSPS) is 21.7. The number of hydrogen-bond acceptors (Lipinski definition) is 8. The van der Waals surface area contributed by atoms with Gasteiger partial charge in [-0.15, -0.1) is 0 Å². The van der Waals surface area contributed by atoms with E-state index in [2.05, 4.69) is 43.0 Å². The summed E-state index contributed by atoms with van der Waals surface area (Å²) < 4.78 is 8.34. The Hall–Kier alpha value is -4.25. The number of aromatic amines is 1. The van der Waals surface area contributed by atoms with Crippen LogP contribution in [0.5, 0.6) is 5.75 Å². The number of hydrogen-bond donors (Lipinski definition) is 1. The van der Waals surface area contributed by atoms with Gasteiger partial charge in [0.1, 0.15) is 23.8 Å². The SMILES string of the molecule is CN(C)Cc1cc(C#N)cc(OC2CCN(C3CC(CC#N)(n4cc(-c5ncnc6[nH]ccc56)cn4)C3)CC2)c1. The second-order valence-electron chi connectivity index (χ2n) is 11.3. The van der Waals surface area contributed by atoms with Gasteiger partial charge < -0.3 is 14.6 Å². The summed E-state index contributed by atoms with van der Waals surface area (Å²) in [6.45, 7) is 2.68. The Bertz CT molecular complexity index is 1580. The van der Waals surface area contributed by atoms with E-state index in [1.54, 1.807) is 6.33 Å². The van der Waals surface area contributed by atoms with E-state index in [0.29, 0.717) is 18.0 Å². The number of aromatic nitrogens is 5. The number of ether oxygens (including phenoxy) is 1.